The molecule has 0 saturated carbocycles. The summed E-state index contributed by atoms with van der Waals surface area (Å²) < 4.78 is 26.8. The molecular weight excluding hydrogens is 204 g/mol. The highest BCUT2D eigenvalue weighted by Crippen LogP contribution is 2.30. The molecule has 1 heterocycles. The zero-order chi connectivity index (χ0) is 10.1. The summed E-state index contributed by atoms with van der Waals surface area (Å²) >= 11 is 1.13. The van der Waals surface area contributed by atoms with Crippen molar-refractivity contribution in [1.29, 1.82) is 5.26 Å². The Labute approximate surface area is 83.2 Å². The van der Waals surface area contributed by atoms with Crippen LogP contribution in [-0.4, -0.2) is 0 Å². The molecule has 0 spiro atoms. The second kappa shape index (κ2) is 3.35. The van der Waals surface area contributed by atoms with Crippen LogP contribution in [0.1, 0.15) is 5.56 Å². The van der Waals surface area contributed by atoms with Crippen molar-refractivity contribution in [3.8, 4) is 6.07 Å². The fourth-order valence-electron chi connectivity index (χ4n) is 1.35. The maximum atomic E-state index is 13.2. The third-order valence-corrected chi connectivity index (χ3v) is 3.00. The molecule has 14 heavy (non-hydrogen) atoms. The Hall–Kier alpha value is -1.47. The highest BCUT2D eigenvalue weighted by atomic mass is 32.1. The third kappa shape index (κ3) is 1.26. The van der Waals surface area contributed by atoms with Crippen molar-refractivity contribution in [2.24, 2.45) is 0 Å². The molecule has 0 bridgehead atoms. The summed E-state index contributed by atoms with van der Waals surface area (Å²) in [6.45, 7) is 0. The first-order valence-corrected chi connectivity index (χ1v) is 4.83. The van der Waals surface area contributed by atoms with E-state index < -0.39 is 11.6 Å². The van der Waals surface area contributed by atoms with Gasteiger partial charge in [-0.1, -0.05) is 6.07 Å². The average Bonchev–Trinajstić information content (AvgIpc) is 2.54. The van der Waals surface area contributed by atoms with Gasteiger partial charge in [-0.3, -0.25) is 0 Å². The van der Waals surface area contributed by atoms with Gasteiger partial charge in [0.2, 0.25) is 0 Å². The first kappa shape index (κ1) is 9.10. The van der Waals surface area contributed by atoms with Gasteiger partial charge < -0.3 is 0 Å². The molecule has 0 aliphatic rings. The van der Waals surface area contributed by atoms with Crippen LogP contribution in [0.15, 0.2) is 17.5 Å². The van der Waals surface area contributed by atoms with Crippen molar-refractivity contribution in [3.05, 3.63) is 34.7 Å². The molecule has 0 N–H and O–H groups in total. The maximum Gasteiger partial charge on any atom is 0.144 e. The van der Waals surface area contributed by atoms with E-state index >= 15 is 0 Å². The number of hydrogen-bond acceptors (Lipinski definition) is 2. The molecule has 2 aromatic rings. The lowest BCUT2D eigenvalue weighted by atomic mass is 10.1. The molecule has 70 valence electrons. The number of thiophene rings is 1. The van der Waals surface area contributed by atoms with Crippen LogP contribution >= 0.6 is 11.3 Å². The molecule has 0 saturated heterocycles. The highest BCUT2D eigenvalue weighted by Gasteiger charge is 2.12. The van der Waals surface area contributed by atoms with E-state index in [1.165, 1.54) is 17.5 Å². The normalized spacial score (nSPS) is 10.4. The fraction of sp³-hybridized carbons (Fsp3) is 0.100. The molecule has 0 atom stereocenters. The van der Waals surface area contributed by atoms with Crippen LogP contribution in [0.2, 0.25) is 0 Å². The molecule has 1 nitrogen and oxygen atoms in total. The van der Waals surface area contributed by atoms with E-state index in [2.05, 4.69) is 0 Å². The number of halogens is 2. The third-order valence-electron chi connectivity index (χ3n) is 1.98. The summed E-state index contributed by atoms with van der Waals surface area (Å²) in [5, 5.41) is 9.78. The first-order chi connectivity index (χ1) is 6.74. The van der Waals surface area contributed by atoms with Crippen molar-refractivity contribution in [2.75, 3.05) is 0 Å². The number of benzene rings is 1. The van der Waals surface area contributed by atoms with Gasteiger partial charge in [0, 0.05) is 10.1 Å². The van der Waals surface area contributed by atoms with Gasteiger partial charge in [-0.05, 0) is 11.6 Å². The van der Waals surface area contributed by atoms with Crippen molar-refractivity contribution in [3.63, 3.8) is 0 Å². The van der Waals surface area contributed by atoms with E-state index in [1.54, 1.807) is 0 Å². The molecule has 0 aliphatic heterocycles. The van der Waals surface area contributed by atoms with E-state index in [1.807, 2.05) is 6.07 Å². The number of rotatable bonds is 1. The molecule has 4 heteroatoms. The largest absolute Gasteiger partial charge is 0.206 e. The summed E-state index contributed by atoms with van der Waals surface area (Å²) in [5.41, 5.74) is 0.679. The highest BCUT2D eigenvalue weighted by molar-refractivity contribution is 7.17. The maximum absolute atomic E-state index is 13.2. The van der Waals surface area contributed by atoms with E-state index in [4.69, 9.17) is 5.26 Å². The molecule has 0 amide bonds. The minimum atomic E-state index is -0.569. The van der Waals surface area contributed by atoms with Gasteiger partial charge in [0.05, 0.1) is 17.9 Å². The molecule has 0 unspecified atom stereocenters. The fourth-order valence-corrected chi connectivity index (χ4v) is 2.30. The lowest BCUT2D eigenvalue weighted by Gasteiger charge is -1.98. The topological polar surface area (TPSA) is 23.8 Å². The van der Waals surface area contributed by atoms with Crippen LogP contribution in [-0.2, 0) is 6.42 Å². The average molecular weight is 209 g/mol. The van der Waals surface area contributed by atoms with Crippen LogP contribution in [0, 0.1) is 23.0 Å². The zero-order valence-electron chi connectivity index (χ0n) is 7.05. The zero-order valence-corrected chi connectivity index (χ0v) is 7.87. The Kier molecular flexibility index (Phi) is 2.18. The van der Waals surface area contributed by atoms with Gasteiger partial charge in [0.25, 0.3) is 0 Å². The molecule has 1 aromatic heterocycles. The monoisotopic (exact) mass is 209 g/mol. The number of fused-ring (bicyclic) bond motifs is 1. The van der Waals surface area contributed by atoms with Crippen molar-refractivity contribution in [1.82, 2.24) is 0 Å². The van der Waals surface area contributed by atoms with Crippen LogP contribution in [0.5, 0.6) is 0 Å². The van der Waals surface area contributed by atoms with E-state index in [-0.39, 0.29) is 11.8 Å². The van der Waals surface area contributed by atoms with Crippen molar-refractivity contribution >= 4 is 21.4 Å². The summed E-state index contributed by atoms with van der Waals surface area (Å²) in [6.07, 6.45) is 0.177. The molecule has 1 aromatic carbocycles. The van der Waals surface area contributed by atoms with Gasteiger partial charge in [0.15, 0.2) is 0 Å². The molecule has 2 rings (SSSR count). The lowest BCUT2D eigenvalue weighted by molar-refractivity contribution is 0.611. The standard InChI is InChI=1S/C10H5F2NS/c11-7-2-1-6(3-4-13)10-9(7)8(12)5-14-10/h1-2,5H,3H2. The Balaban J connectivity index is 2.78. The molecule has 0 aliphatic carbocycles. The summed E-state index contributed by atoms with van der Waals surface area (Å²) in [7, 11) is 0. The smallest absolute Gasteiger partial charge is 0.144 e. The molecule has 0 fully saturated rings. The lowest BCUT2D eigenvalue weighted by Crippen LogP contribution is -1.85. The number of nitriles is 1. The Morgan fingerprint density at radius 1 is 1.29 bits per heavy atom. The van der Waals surface area contributed by atoms with E-state index in [9.17, 15) is 8.78 Å². The van der Waals surface area contributed by atoms with Gasteiger partial charge in [0.1, 0.15) is 11.6 Å². The quantitative estimate of drug-likeness (QED) is 0.707. The van der Waals surface area contributed by atoms with E-state index in [0.717, 1.165) is 11.3 Å². The van der Waals surface area contributed by atoms with Crippen molar-refractivity contribution < 1.29 is 8.78 Å². The van der Waals surface area contributed by atoms with E-state index in [0.29, 0.717) is 10.3 Å². The van der Waals surface area contributed by atoms with Crippen LogP contribution < -0.4 is 0 Å². The molecular formula is C10H5F2NS. The Bertz CT molecular complexity index is 525. The van der Waals surface area contributed by atoms with Crippen LogP contribution in [0.25, 0.3) is 10.1 Å². The Morgan fingerprint density at radius 3 is 2.79 bits per heavy atom. The van der Waals surface area contributed by atoms with Gasteiger partial charge in [-0.2, -0.15) is 5.26 Å². The van der Waals surface area contributed by atoms with Crippen LogP contribution in [0.4, 0.5) is 8.78 Å². The summed E-state index contributed by atoms with van der Waals surface area (Å²) in [4.78, 5) is 0. The van der Waals surface area contributed by atoms with Crippen LogP contribution in [0.3, 0.4) is 0 Å². The Morgan fingerprint density at radius 2 is 2.07 bits per heavy atom. The predicted molar refractivity (Wildman–Crippen MR) is 51.1 cm³/mol. The minimum Gasteiger partial charge on any atom is -0.206 e. The SMILES string of the molecule is N#CCc1ccc(F)c2c(F)csc12. The minimum absolute atomic E-state index is 0.00255. The second-order valence-corrected chi connectivity index (χ2v) is 3.71. The number of nitrogens with zero attached hydrogens (tertiary/aromatic N) is 1. The van der Waals surface area contributed by atoms with Crippen molar-refractivity contribution in [2.45, 2.75) is 6.42 Å². The second-order valence-electron chi connectivity index (χ2n) is 2.83. The summed E-state index contributed by atoms with van der Waals surface area (Å²) in [6, 6.07) is 4.69. The predicted octanol–water partition coefficient (Wildman–Crippen LogP) is 3.25. The number of hydrogen-bond donors (Lipinski definition) is 0. The summed E-state index contributed by atoms with van der Waals surface area (Å²) in [5.74, 6) is -1.12. The molecule has 0 radical (unpaired) electrons. The van der Waals surface area contributed by atoms with Gasteiger partial charge >= 0.3 is 0 Å². The van der Waals surface area contributed by atoms with Gasteiger partial charge in [-0.25, -0.2) is 8.78 Å². The van der Waals surface area contributed by atoms with Gasteiger partial charge in [-0.15, -0.1) is 11.3 Å². The first-order valence-electron chi connectivity index (χ1n) is 3.95.